The van der Waals surface area contributed by atoms with Crippen molar-refractivity contribution in [1.29, 1.82) is 0 Å². The van der Waals surface area contributed by atoms with E-state index in [9.17, 15) is 13.2 Å². The first-order chi connectivity index (χ1) is 10.9. The summed E-state index contributed by atoms with van der Waals surface area (Å²) in [6.45, 7) is 9.78. The van der Waals surface area contributed by atoms with E-state index in [2.05, 4.69) is 10.1 Å². The Morgan fingerprint density at radius 1 is 1.38 bits per heavy atom. The number of rotatable bonds is 8. The van der Waals surface area contributed by atoms with Gasteiger partial charge in [-0.25, -0.2) is 8.42 Å². The first-order valence-electron chi connectivity index (χ1n) is 7.84. The molecule has 1 aromatic rings. The molecule has 138 valence electrons. The summed E-state index contributed by atoms with van der Waals surface area (Å²) in [5.41, 5.74) is -0.550. The summed E-state index contributed by atoms with van der Waals surface area (Å²) in [7, 11) is -3.23. The van der Waals surface area contributed by atoms with Gasteiger partial charge in [0.05, 0.1) is 13.1 Å². The Labute approximate surface area is 143 Å². The molecule has 0 aromatic carbocycles. The highest BCUT2D eigenvalue weighted by Gasteiger charge is 2.23. The van der Waals surface area contributed by atoms with Gasteiger partial charge in [-0.1, -0.05) is 12.1 Å². The predicted octanol–water partition coefficient (Wildman–Crippen LogP) is 1.56. The lowest BCUT2D eigenvalue weighted by atomic mass is 10.2. The molecule has 1 rings (SSSR count). The second-order valence-corrected chi connectivity index (χ2v) is 9.06. The summed E-state index contributed by atoms with van der Waals surface area (Å²) in [6, 6.07) is 0.0998. The molecule has 1 atom stereocenters. The van der Waals surface area contributed by atoms with Crippen LogP contribution in [0.25, 0.3) is 0 Å². The van der Waals surface area contributed by atoms with Crippen LogP contribution in [0.2, 0.25) is 0 Å². The third-order valence-corrected chi connectivity index (χ3v) is 3.99. The molecule has 0 aliphatic heterocycles. The van der Waals surface area contributed by atoms with Gasteiger partial charge in [0.2, 0.25) is 5.89 Å². The third-order valence-electron chi connectivity index (χ3n) is 3.21. The van der Waals surface area contributed by atoms with E-state index >= 15 is 0 Å². The summed E-state index contributed by atoms with van der Waals surface area (Å²) in [6.07, 6.45) is 1.93. The lowest BCUT2D eigenvalue weighted by molar-refractivity contribution is -0.157. The highest BCUT2D eigenvalue weighted by molar-refractivity contribution is 7.89. The van der Waals surface area contributed by atoms with Crippen LogP contribution >= 0.6 is 0 Å². The average Bonchev–Trinajstić information content (AvgIpc) is 2.79. The van der Waals surface area contributed by atoms with Gasteiger partial charge in [0.25, 0.3) is 0 Å². The Bertz CT molecular complexity index is 648. The van der Waals surface area contributed by atoms with Crippen LogP contribution in [0, 0.1) is 0 Å². The second kappa shape index (κ2) is 8.06. The molecule has 1 heterocycles. The SMILES string of the molecule is CCC(C)N(CC(=O)OC(C)(C)C)Cc1nc(CS(C)(=O)=O)no1. The number of hydrogen-bond acceptors (Lipinski definition) is 8. The van der Waals surface area contributed by atoms with Crippen LogP contribution in [-0.2, 0) is 31.7 Å². The van der Waals surface area contributed by atoms with Crippen LogP contribution in [0.4, 0.5) is 0 Å². The zero-order valence-corrected chi connectivity index (χ0v) is 16.0. The van der Waals surface area contributed by atoms with Gasteiger partial charge in [0.1, 0.15) is 11.4 Å². The van der Waals surface area contributed by atoms with Crippen molar-refractivity contribution in [2.24, 2.45) is 0 Å². The van der Waals surface area contributed by atoms with Gasteiger partial charge in [-0.2, -0.15) is 4.98 Å². The minimum absolute atomic E-state index is 0.0933. The molecule has 0 amide bonds. The minimum Gasteiger partial charge on any atom is -0.459 e. The number of nitrogens with zero attached hydrogens (tertiary/aromatic N) is 3. The maximum absolute atomic E-state index is 12.1. The smallest absolute Gasteiger partial charge is 0.320 e. The molecular weight excluding hydrogens is 334 g/mol. The maximum atomic E-state index is 12.1. The molecule has 0 N–H and O–H groups in total. The highest BCUT2D eigenvalue weighted by atomic mass is 32.2. The second-order valence-electron chi connectivity index (χ2n) is 6.92. The predicted molar refractivity (Wildman–Crippen MR) is 88.9 cm³/mol. The lowest BCUT2D eigenvalue weighted by Crippen LogP contribution is -2.39. The van der Waals surface area contributed by atoms with Crippen molar-refractivity contribution >= 4 is 15.8 Å². The Morgan fingerprint density at radius 3 is 2.50 bits per heavy atom. The van der Waals surface area contributed by atoms with Crippen molar-refractivity contribution in [2.45, 2.75) is 65.0 Å². The van der Waals surface area contributed by atoms with E-state index in [-0.39, 0.29) is 42.6 Å². The Morgan fingerprint density at radius 2 is 2.00 bits per heavy atom. The molecule has 0 spiro atoms. The van der Waals surface area contributed by atoms with Gasteiger partial charge < -0.3 is 9.26 Å². The van der Waals surface area contributed by atoms with Crippen LogP contribution in [0.3, 0.4) is 0 Å². The third kappa shape index (κ3) is 7.87. The first-order valence-corrected chi connectivity index (χ1v) is 9.90. The zero-order valence-electron chi connectivity index (χ0n) is 15.2. The van der Waals surface area contributed by atoms with Crippen molar-refractivity contribution in [3.05, 3.63) is 11.7 Å². The van der Waals surface area contributed by atoms with E-state index in [0.717, 1.165) is 12.7 Å². The van der Waals surface area contributed by atoms with Crippen LogP contribution < -0.4 is 0 Å². The first kappa shape index (κ1) is 20.6. The molecule has 0 saturated carbocycles. The largest absolute Gasteiger partial charge is 0.459 e. The van der Waals surface area contributed by atoms with E-state index in [0.29, 0.717) is 0 Å². The summed E-state index contributed by atoms with van der Waals surface area (Å²) in [4.78, 5) is 18.0. The molecule has 0 radical (unpaired) electrons. The molecule has 24 heavy (non-hydrogen) atoms. The fraction of sp³-hybridized carbons (Fsp3) is 0.800. The quantitative estimate of drug-likeness (QED) is 0.643. The van der Waals surface area contributed by atoms with Gasteiger partial charge in [-0.15, -0.1) is 0 Å². The Balaban J connectivity index is 2.78. The monoisotopic (exact) mass is 361 g/mol. The topological polar surface area (TPSA) is 103 Å². The van der Waals surface area contributed by atoms with Crippen molar-refractivity contribution in [2.75, 3.05) is 12.8 Å². The highest BCUT2D eigenvalue weighted by Crippen LogP contribution is 2.13. The van der Waals surface area contributed by atoms with Crippen LogP contribution in [0.5, 0.6) is 0 Å². The van der Waals surface area contributed by atoms with Gasteiger partial charge in [0, 0.05) is 12.3 Å². The van der Waals surface area contributed by atoms with Crippen molar-refractivity contribution < 1.29 is 22.5 Å². The molecule has 0 bridgehead atoms. The van der Waals surface area contributed by atoms with Crippen LogP contribution in [-0.4, -0.2) is 53.9 Å². The fourth-order valence-corrected chi connectivity index (χ4v) is 2.57. The molecule has 1 unspecified atom stereocenters. The van der Waals surface area contributed by atoms with Gasteiger partial charge in [0.15, 0.2) is 15.7 Å². The summed E-state index contributed by atoms with van der Waals surface area (Å²) in [5.74, 6) is -0.212. The van der Waals surface area contributed by atoms with Gasteiger partial charge >= 0.3 is 5.97 Å². The number of ether oxygens (including phenoxy) is 1. The number of hydrogen-bond donors (Lipinski definition) is 0. The molecule has 8 nitrogen and oxygen atoms in total. The van der Waals surface area contributed by atoms with Crippen molar-refractivity contribution in [1.82, 2.24) is 15.0 Å². The van der Waals surface area contributed by atoms with Crippen LogP contribution in [0.1, 0.15) is 52.8 Å². The van der Waals surface area contributed by atoms with Gasteiger partial charge in [-0.05, 0) is 34.1 Å². The lowest BCUT2D eigenvalue weighted by Gasteiger charge is -2.28. The number of sulfone groups is 1. The van der Waals surface area contributed by atoms with E-state index < -0.39 is 15.4 Å². The van der Waals surface area contributed by atoms with Crippen LogP contribution in [0.15, 0.2) is 4.52 Å². The summed E-state index contributed by atoms with van der Waals surface area (Å²) in [5, 5.41) is 3.67. The van der Waals surface area contributed by atoms with E-state index in [1.165, 1.54) is 0 Å². The van der Waals surface area contributed by atoms with Crippen molar-refractivity contribution in [3.63, 3.8) is 0 Å². The van der Waals surface area contributed by atoms with Gasteiger partial charge in [-0.3, -0.25) is 9.69 Å². The molecule has 0 saturated heterocycles. The molecule has 9 heteroatoms. The maximum Gasteiger partial charge on any atom is 0.320 e. The number of aromatic nitrogens is 2. The molecule has 0 aliphatic rings. The standard InChI is InChI=1S/C15H27N3O5S/c1-7-11(2)18(9-14(19)22-15(3,4)5)8-13-16-12(17-23-13)10-24(6,20)21/h11H,7-10H2,1-6H3. The average molecular weight is 361 g/mol. The Kier molecular flexibility index (Phi) is 6.91. The zero-order chi connectivity index (χ0) is 18.5. The van der Waals surface area contributed by atoms with E-state index in [1.54, 1.807) is 0 Å². The molecule has 0 aliphatic carbocycles. The molecule has 1 aromatic heterocycles. The Hall–Kier alpha value is -1.48. The normalized spacial score (nSPS) is 14.0. The van der Waals surface area contributed by atoms with E-state index in [1.807, 2.05) is 39.5 Å². The number of esters is 1. The summed E-state index contributed by atoms with van der Waals surface area (Å²) >= 11 is 0. The molecule has 0 fully saturated rings. The summed E-state index contributed by atoms with van der Waals surface area (Å²) < 4.78 is 33.0. The molecular formula is C15H27N3O5S. The number of carbonyl (C=O) groups excluding carboxylic acids is 1. The van der Waals surface area contributed by atoms with Crippen molar-refractivity contribution in [3.8, 4) is 0 Å². The minimum atomic E-state index is -3.23. The van der Waals surface area contributed by atoms with E-state index in [4.69, 9.17) is 9.26 Å². The fourth-order valence-electron chi connectivity index (χ4n) is 1.99. The number of carbonyl (C=O) groups is 1.